The van der Waals surface area contributed by atoms with Crippen molar-refractivity contribution in [3.63, 3.8) is 0 Å². The van der Waals surface area contributed by atoms with E-state index in [0.29, 0.717) is 13.0 Å². The Morgan fingerprint density at radius 1 is 1.50 bits per heavy atom. The van der Waals surface area contributed by atoms with Crippen LogP contribution in [0.15, 0.2) is 18.2 Å². The molecule has 18 heavy (non-hydrogen) atoms. The second kappa shape index (κ2) is 6.65. The highest BCUT2D eigenvalue weighted by Gasteiger charge is 2.08. The van der Waals surface area contributed by atoms with E-state index in [1.165, 1.54) is 6.92 Å². The molecule has 4 heteroatoms. The summed E-state index contributed by atoms with van der Waals surface area (Å²) >= 11 is 0. The van der Waals surface area contributed by atoms with Gasteiger partial charge in [-0.2, -0.15) is 5.26 Å². The number of hydrogen-bond donors (Lipinski definition) is 1. The molecule has 0 fully saturated rings. The lowest BCUT2D eigenvalue weighted by Crippen LogP contribution is -2.24. The predicted molar refractivity (Wildman–Crippen MR) is 73.6 cm³/mol. The maximum absolute atomic E-state index is 11.1. The van der Waals surface area contributed by atoms with Gasteiger partial charge >= 0.3 is 0 Å². The summed E-state index contributed by atoms with van der Waals surface area (Å²) in [7, 11) is 0. The molecule has 0 atom stereocenters. The Hall–Kier alpha value is -2.02. The molecular formula is C14H19N3O. The minimum Gasteiger partial charge on any atom is -0.371 e. The standard InChI is InChI=1S/C14H19N3O/c1-4-17(9-5-8-15)14-10-13(16-12(3)18)7-6-11(14)2/h6-7,10H,4-5,9H2,1-3H3,(H,16,18). The lowest BCUT2D eigenvalue weighted by atomic mass is 10.1. The first-order valence-electron chi connectivity index (χ1n) is 6.08. The lowest BCUT2D eigenvalue weighted by Gasteiger charge is -2.24. The Morgan fingerprint density at radius 3 is 2.78 bits per heavy atom. The average Bonchev–Trinajstić information content (AvgIpc) is 2.33. The SMILES string of the molecule is CCN(CCC#N)c1cc(NC(C)=O)ccc1C. The summed E-state index contributed by atoms with van der Waals surface area (Å²) in [6, 6.07) is 7.98. The fourth-order valence-corrected chi connectivity index (χ4v) is 1.86. The number of nitriles is 1. The number of nitrogens with one attached hydrogen (secondary N) is 1. The van der Waals surface area contributed by atoms with E-state index in [1.807, 2.05) is 25.1 Å². The highest BCUT2D eigenvalue weighted by molar-refractivity contribution is 5.89. The molecule has 0 spiro atoms. The molecule has 0 aliphatic rings. The van der Waals surface area contributed by atoms with Crippen molar-refractivity contribution >= 4 is 17.3 Å². The van der Waals surface area contributed by atoms with Gasteiger partial charge in [0.15, 0.2) is 0 Å². The van der Waals surface area contributed by atoms with Gasteiger partial charge in [-0.1, -0.05) is 6.07 Å². The molecule has 4 nitrogen and oxygen atoms in total. The molecule has 1 aromatic carbocycles. The van der Waals surface area contributed by atoms with E-state index in [4.69, 9.17) is 5.26 Å². The monoisotopic (exact) mass is 245 g/mol. The molecular weight excluding hydrogens is 226 g/mol. The number of nitrogens with zero attached hydrogens (tertiary/aromatic N) is 2. The van der Waals surface area contributed by atoms with Crippen molar-refractivity contribution in [2.24, 2.45) is 0 Å². The van der Waals surface area contributed by atoms with Crippen LogP contribution in [0, 0.1) is 18.3 Å². The molecule has 0 unspecified atom stereocenters. The maximum Gasteiger partial charge on any atom is 0.221 e. The van der Waals surface area contributed by atoms with Crippen LogP contribution in [0.5, 0.6) is 0 Å². The first kappa shape index (κ1) is 14.0. The summed E-state index contributed by atoms with van der Waals surface area (Å²) < 4.78 is 0. The van der Waals surface area contributed by atoms with Crippen LogP contribution in [0.2, 0.25) is 0 Å². The van der Waals surface area contributed by atoms with Gasteiger partial charge in [0, 0.05) is 31.4 Å². The van der Waals surface area contributed by atoms with Crippen molar-refractivity contribution in [3.8, 4) is 6.07 Å². The van der Waals surface area contributed by atoms with E-state index >= 15 is 0 Å². The second-order valence-corrected chi connectivity index (χ2v) is 4.17. The van der Waals surface area contributed by atoms with Gasteiger partial charge < -0.3 is 10.2 Å². The molecule has 1 aromatic rings. The molecule has 0 saturated carbocycles. The summed E-state index contributed by atoms with van der Waals surface area (Å²) in [5.74, 6) is -0.0788. The van der Waals surface area contributed by atoms with Gasteiger partial charge in [-0.05, 0) is 31.5 Å². The van der Waals surface area contributed by atoms with E-state index in [0.717, 1.165) is 23.5 Å². The predicted octanol–water partition coefficient (Wildman–Crippen LogP) is 2.69. The van der Waals surface area contributed by atoms with E-state index in [1.54, 1.807) is 0 Å². The molecule has 0 saturated heterocycles. The van der Waals surface area contributed by atoms with Gasteiger partial charge in [0.1, 0.15) is 0 Å². The topological polar surface area (TPSA) is 56.1 Å². The van der Waals surface area contributed by atoms with Crippen LogP contribution >= 0.6 is 0 Å². The Morgan fingerprint density at radius 2 is 2.22 bits per heavy atom. The summed E-state index contributed by atoms with van der Waals surface area (Å²) in [6.07, 6.45) is 0.498. The normalized spacial score (nSPS) is 9.67. The number of amides is 1. The summed E-state index contributed by atoms with van der Waals surface area (Å²) in [5.41, 5.74) is 3.00. The molecule has 0 bridgehead atoms. The number of carbonyl (C=O) groups excluding carboxylic acids is 1. The van der Waals surface area contributed by atoms with Crippen LogP contribution in [-0.4, -0.2) is 19.0 Å². The lowest BCUT2D eigenvalue weighted by molar-refractivity contribution is -0.114. The van der Waals surface area contributed by atoms with Crippen LogP contribution in [0.1, 0.15) is 25.8 Å². The van der Waals surface area contributed by atoms with E-state index in [-0.39, 0.29) is 5.91 Å². The zero-order valence-electron chi connectivity index (χ0n) is 11.2. The molecule has 0 radical (unpaired) electrons. The van der Waals surface area contributed by atoms with Crippen LogP contribution in [0.4, 0.5) is 11.4 Å². The largest absolute Gasteiger partial charge is 0.371 e. The Balaban J connectivity index is 2.97. The van der Waals surface area contributed by atoms with Crippen molar-refractivity contribution in [3.05, 3.63) is 23.8 Å². The van der Waals surface area contributed by atoms with Crippen LogP contribution in [0.3, 0.4) is 0 Å². The van der Waals surface area contributed by atoms with Crippen molar-refractivity contribution in [1.82, 2.24) is 0 Å². The number of hydrogen-bond acceptors (Lipinski definition) is 3. The van der Waals surface area contributed by atoms with Gasteiger partial charge in [-0.3, -0.25) is 4.79 Å². The van der Waals surface area contributed by atoms with Gasteiger partial charge in [0.2, 0.25) is 5.91 Å². The first-order chi connectivity index (χ1) is 8.58. The number of benzene rings is 1. The summed E-state index contributed by atoms with van der Waals surface area (Å²) in [4.78, 5) is 13.2. The second-order valence-electron chi connectivity index (χ2n) is 4.17. The number of carbonyl (C=O) groups is 1. The van der Waals surface area contributed by atoms with Crippen molar-refractivity contribution in [2.75, 3.05) is 23.3 Å². The molecule has 1 rings (SSSR count). The molecule has 96 valence electrons. The van der Waals surface area contributed by atoms with Crippen molar-refractivity contribution in [2.45, 2.75) is 27.2 Å². The minimum absolute atomic E-state index is 0.0788. The third kappa shape index (κ3) is 3.77. The number of rotatable bonds is 5. The molecule has 0 aliphatic carbocycles. The van der Waals surface area contributed by atoms with E-state index < -0.39 is 0 Å². The quantitative estimate of drug-likeness (QED) is 0.867. The number of anilines is 2. The minimum atomic E-state index is -0.0788. The van der Waals surface area contributed by atoms with Gasteiger partial charge in [-0.25, -0.2) is 0 Å². The maximum atomic E-state index is 11.1. The first-order valence-corrected chi connectivity index (χ1v) is 6.08. The van der Waals surface area contributed by atoms with Crippen molar-refractivity contribution < 1.29 is 4.79 Å². The molecule has 1 N–H and O–H groups in total. The van der Waals surface area contributed by atoms with Crippen LogP contribution in [0.25, 0.3) is 0 Å². The van der Waals surface area contributed by atoms with Gasteiger partial charge in [0.25, 0.3) is 0 Å². The third-order valence-corrected chi connectivity index (χ3v) is 2.75. The summed E-state index contributed by atoms with van der Waals surface area (Å²) in [6.45, 7) is 7.13. The smallest absolute Gasteiger partial charge is 0.221 e. The van der Waals surface area contributed by atoms with Crippen LogP contribution in [-0.2, 0) is 4.79 Å². The Kier molecular flexibility index (Phi) is 5.19. The van der Waals surface area contributed by atoms with Crippen molar-refractivity contribution in [1.29, 1.82) is 5.26 Å². The molecule has 0 heterocycles. The van der Waals surface area contributed by atoms with E-state index in [9.17, 15) is 4.79 Å². The van der Waals surface area contributed by atoms with Crippen LogP contribution < -0.4 is 10.2 Å². The zero-order valence-corrected chi connectivity index (χ0v) is 11.2. The van der Waals surface area contributed by atoms with Gasteiger partial charge in [-0.15, -0.1) is 0 Å². The highest BCUT2D eigenvalue weighted by atomic mass is 16.1. The molecule has 0 aromatic heterocycles. The third-order valence-electron chi connectivity index (χ3n) is 2.75. The fraction of sp³-hybridized carbons (Fsp3) is 0.429. The fourth-order valence-electron chi connectivity index (χ4n) is 1.86. The molecule has 1 amide bonds. The number of aryl methyl sites for hydroxylation is 1. The average molecular weight is 245 g/mol. The molecule has 0 aliphatic heterocycles. The highest BCUT2D eigenvalue weighted by Crippen LogP contribution is 2.24. The van der Waals surface area contributed by atoms with Gasteiger partial charge in [0.05, 0.1) is 12.5 Å². The Labute approximate surface area is 108 Å². The summed E-state index contributed by atoms with van der Waals surface area (Å²) in [5, 5.41) is 11.4. The zero-order chi connectivity index (χ0) is 13.5. The Bertz CT molecular complexity index is 463. The van der Waals surface area contributed by atoms with E-state index in [2.05, 4.69) is 23.2 Å².